The van der Waals surface area contributed by atoms with Crippen LogP contribution in [-0.2, 0) is 9.47 Å². The summed E-state index contributed by atoms with van der Waals surface area (Å²) in [4.78, 5) is 0. The van der Waals surface area contributed by atoms with E-state index in [-0.39, 0.29) is 5.60 Å². The number of rotatable bonds is 8. The van der Waals surface area contributed by atoms with Crippen molar-refractivity contribution in [2.75, 3.05) is 26.8 Å². The molecule has 0 saturated heterocycles. The lowest BCUT2D eigenvalue weighted by molar-refractivity contribution is -0.0522. The molecule has 1 unspecified atom stereocenters. The Hall–Kier alpha value is -0.120. The smallest absolute Gasteiger partial charge is 0.0707 e. The monoisotopic (exact) mass is 217 g/mol. The van der Waals surface area contributed by atoms with Gasteiger partial charge in [-0.25, -0.2) is 0 Å². The van der Waals surface area contributed by atoms with Gasteiger partial charge in [-0.1, -0.05) is 13.3 Å². The van der Waals surface area contributed by atoms with E-state index in [2.05, 4.69) is 33.0 Å². The van der Waals surface area contributed by atoms with Gasteiger partial charge in [0.2, 0.25) is 0 Å². The van der Waals surface area contributed by atoms with Gasteiger partial charge in [0.15, 0.2) is 0 Å². The summed E-state index contributed by atoms with van der Waals surface area (Å²) in [5.74, 6) is 0. The molecule has 0 bridgehead atoms. The second-order valence-corrected chi connectivity index (χ2v) is 4.80. The first-order chi connectivity index (χ1) is 6.99. The molecule has 92 valence electrons. The van der Waals surface area contributed by atoms with Crippen molar-refractivity contribution in [3.63, 3.8) is 0 Å². The molecule has 0 heterocycles. The molecule has 0 aromatic heterocycles. The van der Waals surface area contributed by atoms with Gasteiger partial charge in [-0.2, -0.15) is 0 Å². The van der Waals surface area contributed by atoms with E-state index in [1.807, 2.05) is 7.05 Å². The van der Waals surface area contributed by atoms with Crippen molar-refractivity contribution < 1.29 is 9.47 Å². The summed E-state index contributed by atoms with van der Waals surface area (Å²) < 4.78 is 11.3. The van der Waals surface area contributed by atoms with Crippen LogP contribution in [0.2, 0.25) is 0 Å². The van der Waals surface area contributed by atoms with Crippen LogP contribution in [0.3, 0.4) is 0 Å². The third-order valence-corrected chi connectivity index (χ3v) is 2.01. The summed E-state index contributed by atoms with van der Waals surface area (Å²) in [5, 5.41) is 3.14. The van der Waals surface area contributed by atoms with E-state index in [1.165, 1.54) is 0 Å². The Balaban J connectivity index is 3.52. The molecule has 0 aromatic rings. The van der Waals surface area contributed by atoms with Gasteiger partial charge in [0.05, 0.1) is 24.9 Å². The minimum absolute atomic E-state index is 0.0629. The van der Waals surface area contributed by atoms with Crippen LogP contribution in [0, 0.1) is 0 Å². The first-order valence-electron chi connectivity index (χ1n) is 5.89. The van der Waals surface area contributed by atoms with Crippen LogP contribution in [-0.4, -0.2) is 38.5 Å². The SMILES string of the molecule is CCCC(CNC)OCCOC(C)(C)C. The maximum atomic E-state index is 5.73. The molecule has 0 aliphatic heterocycles. The molecule has 0 fully saturated rings. The van der Waals surface area contributed by atoms with Crippen molar-refractivity contribution in [3.05, 3.63) is 0 Å². The maximum Gasteiger partial charge on any atom is 0.0707 e. The molecule has 0 amide bonds. The molecule has 1 atom stereocenters. The predicted molar refractivity (Wildman–Crippen MR) is 64.3 cm³/mol. The number of nitrogens with one attached hydrogen (secondary N) is 1. The van der Waals surface area contributed by atoms with E-state index < -0.39 is 0 Å². The lowest BCUT2D eigenvalue weighted by Gasteiger charge is -2.21. The van der Waals surface area contributed by atoms with E-state index in [1.54, 1.807) is 0 Å². The molecule has 0 aromatic carbocycles. The topological polar surface area (TPSA) is 30.5 Å². The molecule has 0 spiro atoms. The lowest BCUT2D eigenvalue weighted by Crippen LogP contribution is -2.29. The van der Waals surface area contributed by atoms with Crippen molar-refractivity contribution in [2.24, 2.45) is 0 Å². The lowest BCUT2D eigenvalue weighted by atomic mass is 10.2. The predicted octanol–water partition coefficient (Wildman–Crippen LogP) is 2.21. The largest absolute Gasteiger partial charge is 0.375 e. The van der Waals surface area contributed by atoms with Crippen LogP contribution >= 0.6 is 0 Å². The molecule has 0 radical (unpaired) electrons. The van der Waals surface area contributed by atoms with E-state index >= 15 is 0 Å². The fourth-order valence-corrected chi connectivity index (χ4v) is 1.36. The van der Waals surface area contributed by atoms with Crippen LogP contribution in [0.25, 0.3) is 0 Å². The summed E-state index contributed by atoms with van der Waals surface area (Å²) >= 11 is 0. The molecule has 0 rings (SSSR count). The summed E-state index contributed by atoms with van der Waals surface area (Å²) in [7, 11) is 1.96. The zero-order chi connectivity index (χ0) is 11.7. The standard InChI is InChI=1S/C12H27NO2/c1-6-7-11(10-13-5)14-8-9-15-12(2,3)4/h11,13H,6-10H2,1-5H3. The van der Waals surface area contributed by atoms with E-state index in [0.29, 0.717) is 19.3 Å². The van der Waals surface area contributed by atoms with Gasteiger partial charge in [-0.3, -0.25) is 0 Å². The number of likely N-dealkylation sites (N-methyl/N-ethyl adjacent to an activating group) is 1. The highest BCUT2D eigenvalue weighted by molar-refractivity contribution is 4.61. The number of hydrogen-bond donors (Lipinski definition) is 1. The second-order valence-electron chi connectivity index (χ2n) is 4.80. The Morgan fingerprint density at radius 2 is 1.87 bits per heavy atom. The number of hydrogen-bond acceptors (Lipinski definition) is 3. The van der Waals surface area contributed by atoms with E-state index in [4.69, 9.17) is 9.47 Å². The summed E-state index contributed by atoms with van der Waals surface area (Å²) in [6.45, 7) is 10.6. The molecule has 3 nitrogen and oxygen atoms in total. The second kappa shape index (κ2) is 8.08. The molecular weight excluding hydrogens is 190 g/mol. The average molecular weight is 217 g/mol. The number of ether oxygens (including phenoxy) is 2. The van der Waals surface area contributed by atoms with Gasteiger partial charge in [0, 0.05) is 6.54 Å². The van der Waals surface area contributed by atoms with Crippen LogP contribution in [0.4, 0.5) is 0 Å². The van der Waals surface area contributed by atoms with Crippen LogP contribution < -0.4 is 5.32 Å². The maximum absolute atomic E-state index is 5.73. The van der Waals surface area contributed by atoms with Crippen molar-refractivity contribution in [3.8, 4) is 0 Å². The Morgan fingerprint density at radius 3 is 2.33 bits per heavy atom. The minimum Gasteiger partial charge on any atom is -0.375 e. The third-order valence-electron chi connectivity index (χ3n) is 2.01. The quantitative estimate of drug-likeness (QED) is 0.632. The molecule has 0 aliphatic rings. The summed E-state index contributed by atoms with van der Waals surface area (Å²) in [6, 6.07) is 0. The zero-order valence-corrected chi connectivity index (χ0v) is 10.9. The minimum atomic E-state index is -0.0629. The Bertz CT molecular complexity index is 137. The molecule has 0 aliphatic carbocycles. The van der Waals surface area contributed by atoms with Crippen molar-refractivity contribution in [1.82, 2.24) is 5.32 Å². The van der Waals surface area contributed by atoms with Gasteiger partial charge >= 0.3 is 0 Å². The fraction of sp³-hybridized carbons (Fsp3) is 1.00. The normalized spacial score (nSPS) is 14.2. The first kappa shape index (κ1) is 14.9. The molecule has 0 saturated carbocycles. The zero-order valence-electron chi connectivity index (χ0n) is 10.9. The van der Waals surface area contributed by atoms with E-state index in [0.717, 1.165) is 19.4 Å². The van der Waals surface area contributed by atoms with Crippen molar-refractivity contribution >= 4 is 0 Å². The summed E-state index contributed by atoms with van der Waals surface area (Å²) in [5.41, 5.74) is -0.0629. The highest BCUT2D eigenvalue weighted by Crippen LogP contribution is 2.07. The Labute approximate surface area is 94.5 Å². The third kappa shape index (κ3) is 10.2. The fourth-order valence-electron chi connectivity index (χ4n) is 1.36. The van der Waals surface area contributed by atoms with Gasteiger partial charge in [-0.15, -0.1) is 0 Å². The van der Waals surface area contributed by atoms with Gasteiger partial charge in [-0.05, 0) is 34.2 Å². The van der Waals surface area contributed by atoms with Crippen molar-refractivity contribution in [2.45, 2.75) is 52.2 Å². The van der Waals surface area contributed by atoms with Crippen LogP contribution in [0.15, 0.2) is 0 Å². The molecule has 3 heteroatoms. The van der Waals surface area contributed by atoms with E-state index in [9.17, 15) is 0 Å². The Morgan fingerprint density at radius 1 is 1.20 bits per heavy atom. The van der Waals surface area contributed by atoms with Gasteiger partial charge < -0.3 is 14.8 Å². The highest BCUT2D eigenvalue weighted by Gasteiger charge is 2.11. The van der Waals surface area contributed by atoms with Crippen molar-refractivity contribution in [1.29, 1.82) is 0 Å². The van der Waals surface area contributed by atoms with Gasteiger partial charge in [0.1, 0.15) is 0 Å². The first-order valence-corrected chi connectivity index (χ1v) is 5.89. The Kier molecular flexibility index (Phi) is 8.02. The molecular formula is C12H27NO2. The van der Waals surface area contributed by atoms with Gasteiger partial charge in [0.25, 0.3) is 0 Å². The van der Waals surface area contributed by atoms with Crippen LogP contribution in [0.5, 0.6) is 0 Å². The molecule has 1 N–H and O–H groups in total. The van der Waals surface area contributed by atoms with Crippen LogP contribution in [0.1, 0.15) is 40.5 Å². The average Bonchev–Trinajstić information content (AvgIpc) is 2.11. The summed E-state index contributed by atoms with van der Waals surface area (Å²) in [6.07, 6.45) is 2.59. The highest BCUT2D eigenvalue weighted by atomic mass is 16.5. The molecule has 15 heavy (non-hydrogen) atoms.